The van der Waals surface area contributed by atoms with Crippen molar-refractivity contribution in [1.29, 1.82) is 0 Å². The molecule has 0 aliphatic carbocycles. The molecule has 2 amide bonds. The van der Waals surface area contributed by atoms with Gasteiger partial charge in [-0.3, -0.25) is 9.59 Å². The monoisotopic (exact) mass is 428 g/mol. The SMILES string of the molecule is O=C(COc1ccc(Br)cc1F)N1CCC[C@@H](C(=O)N2CCOCC2)C1. The lowest BCUT2D eigenvalue weighted by molar-refractivity contribution is -0.144. The van der Waals surface area contributed by atoms with Gasteiger partial charge in [0.05, 0.1) is 19.1 Å². The van der Waals surface area contributed by atoms with Crippen molar-refractivity contribution in [2.24, 2.45) is 5.92 Å². The maximum atomic E-state index is 13.8. The van der Waals surface area contributed by atoms with Crippen LogP contribution < -0.4 is 4.74 Å². The van der Waals surface area contributed by atoms with Crippen molar-refractivity contribution in [3.8, 4) is 5.75 Å². The number of rotatable bonds is 4. The van der Waals surface area contributed by atoms with Gasteiger partial charge in [0.25, 0.3) is 5.91 Å². The van der Waals surface area contributed by atoms with E-state index in [4.69, 9.17) is 9.47 Å². The summed E-state index contributed by atoms with van der Waals surface area (Å²) in [6.45, 7) is 3.09. The van der Waals surface area contributed by atoms with Crippen molar-refractivity contribution in [2.75, 3.05) is 46.0 Å². The van der Waals surface area contributed by atoms with Gasteiger partial charge in [-0.15, -0.1) is 0 Å². The maximum Gasteiger partial charge on any atom is 0.260 e. The molecule has 142 valence electrons. The quantitative estimate of drug-likeness (QED) is 0.736. The molecule has 1 aromatic carbocycles. The Balaban J connectivity index is 1.53. The zero-order valence-corrected chi connectivity index (χ0v) is 16.0. The summed E-state index contributed by atoms with van der Waals surface area (Å²) in [5.41, 5.74) is 0. The molecule has 0 aromatic heterocycles. The first-order valence-corrected chi connectivity index (χ1v) is 9.56. The van der Waals surface area contributed by atoms with Gasteiger partial charge in [0, 0.05) is 30.7 Å². The van der Waals surface area contributed by atoms with Crippen molar-refractivity contribution in [3.05, 3.63) is 28.5 Å². The first-order chi connectivity index (χ1) is 12.5. The van der Waals surface area contributed by atoms with Crippen molar-refractivity contribution in [3.63, 3.8) is 0 Å². The molecule has 0 unspecified atom stereocenters. The van der Waals surface area contributed by atoms with Gasteiger partial charge in [-0.05, 0) is 31.0 Å². The summed E-state index contributed by atoms with van der Waals surface area (Å²) in [6.07, 6.45) is 1.56. The number of piperidine rings is 1. The molecule has 2 fully saturated rings. The topological polar surface area (TPSA) is 59.1 Å². The van der Waals surface area contributed by atoms with E-state index >= 15 is 0 Å². The van der Waals surface area contributed by atoms with Crippen LogP contribution in [-0.2, 0) is 14.3 Å². The van der Waals surface area contributed by atoms with E-state index in [1.165, 1.54) is 12.1 Å². The van der Waals surface area contributed by atoms with E-state index < -0.39 is 5.82 Å². The minimum absolute atomic E-state index is 0.0412. The molecule has 0 radical (unpaired) electrons. The number of nitrogens with zero attached hydrogens (tertiary/aromatic N) is 2. The van der Waals surface area contributed by atoms with Crippen LogP contribution in [0.5, 0.6) is 5.75 Å². The number of ether oxygens (including phenoxy) is 2. The number of likely N-dealkylation sites (tertiary alicyclic amines) is 1. The second-order valence-electron chi connectivity index (χ2n) is 6.48. The third-order valence-corrected chi connectivity index (χ3v) is 5.18. The summed E-state index contributed by atoms with van der Waals surface area (Å²) < 4.78 is 25.0. The van der Waals surface area contributed by atoms with Crippen LogP contribution in [0, 0.1) is 11.7 Å². The molecular formula is C18H22BrFN2O4. The Hall–Kier alpha value is -1.67. The molecular weight excluding hydrogens is 407 g/mol. The van der Waals surface area contributed by atoms with Gasteiger partial charge in [0.1, 0.15) is 0 Å². The van der Waals surface area contributed by atoms with Crippen LogP contribution in [0.3, 0.4) is 0 Å². The fourth-order valence-corrected chi connectivity index (χ4v) is 3.60. The first kappa shape index (κ1) is 19.1. The van der Waals surface area contributed by atoms with Crippen LogP contribution in [0.15, 0.2) is 22.7 Å². The van der Waals surface area contributed by atoms with Gasteiger partial charge in [0.15, 0.2) is 18.2 Å². The Morgan fingerprint density at radius 2 is 2.00 bits per heavy atom. The van der Waals surface area contributed by atoms with Crippen molar-refractivity contribution < 1.29 is 23.5 Å². The third-order valence-electron chi connectivity index (χ3n) is 4.69. The second kappa shape index (κ2) is 8.81. The van der Waals surface area contributed by atoms with Crippen LogP contribution in [0.25, 0.3) is 0 Å². The van der Waals surface area contributed by atoms with Crippen LogP contribution in [0.1, 0.15) is 12.8 Å². The largest absolute Gasteiger partial charge is 0.481 e. The number of hydrogen-bond acceptors (Lipinski definition) is 4. The molecule has 1 aromatic rings. The molecule has 2 heterocycles. The Bertz CT molecular complexity index is 667. The van der Waals surface area contributed by atoms with E-state index in [1.807, 2.05) is 4.90 Å². The summed E-state index contributed by atoms with van der Waals surface area (Å²) in [4.78, 5) is 28.5. The summed E-state index contributed by atoms with van der Waals surface area (Å²) in [6, 6.07) is 4.42. The number of carbonyl (C=O) groups excluding carboxylic acids is 2. The van der Waals surface area contributed by atoms with Crippen molar-refractivity contribution in [1.82, 2.24) is 9.80 Å². The van der Waals surface area contributed by atoms with Gasteiger partial charge in [0.2, 0.25) is 5.91 Å². The van der Waals surface area contributed by atoms with E-state index in [-0.39, 0.29) is 30.1 Å². The highest BCUT2D eigenvalue weighted by Crippen LogP contribution is 2.23. The highest BCUT2D eigenvalue weighted by atomic mass is 79.9. The summed E-state index contributed by atoms with van der Waals surface area (Å²) in [5, 5.41) is 0. The predicted molar refractivity (Wildman–Crippen MR) is 96.3 cm³/mol. The molecule has 0 N–H and O–H groups in total. The zero-order valence-electron chi connectivity index (χ0n) is 14.5. The Kier molecular flexibility index (Phi) is 6.48. The molecule has 0 spiro atoms. The molecule has 1 atom stereocenters. The predicted octanol–water partition coefficient (Wildman–Crippen LogP) is 2.06. The Labute approximate surface area is 160 Å². The number of benzene rings is 1. The molecule has 0 bridgehead atoms. The van der Waals surface area contributed by atoms with Gasteiger partial charge < -0.3 is 19.3 Å². The standard InChI is InChI=1S/C18H22BrFN2O4/c19-14-3-4-16(15(20)10-14)26-12-17(23)22-5-1-2-13(11-22)18(24)21-6-8-25-9-7-21/h3-4,10,13H,1-2,5-9,11-12H2/t13-/m1/s1. The zero-order chi connectivity index (χ0) is 18.5. The average Bonchev–Trinajstić information content (AvgIpc) is 2.67. The number of morpholine rings is 1. The fraction of sp³-hybridized carbons (Fsp3) is 0.556. The van der Waals surface area contributed by atoms with E-state index in [0.717, 1.165) is 12.8 Å². The minimum atomic E-state index is -0.522. The molecule has 0 saturated carbocycles. The number of amides is 2. The fourth-order valence-electron chi connectivity index (χ4n) is 3.27. The highest BCUT2D eigenvalue weighted by molar-refractivity contribution is 9.10. The molecule has 2 aliphatic heterocycles. The summed E-state index contributed by atoms with van der Waals surface area (Å²) in [7, 11) is 0. The summed E-state index contributed by atoms with van der Waals surface area (Å²) >= 11 is 3.18. The van der Waals surface area contributed by atoms with Crippen LogP contribution in [0.2, 0.25) is 0 Å². The van der Waals surface area contributed by atoms with Crippen LogP contribution in [-0.4, -0.2) is 67.6 Å². The minimum Gasteiger partial charge on any atom is -0.481 e. The second-order valence-corrected chi connectivity index (χ2v) is 7.40. The van der Waals surface area contributed by atoms with E-state index in [9.17, 15) is 14.0 Å². The maximum absolute atomic E-state index is 13.8. The molecule has 6 nitrogen and oxygen atoms in total. The lowest BCUT2D eigenvalue weighted by Crippen LogP contribution is -2.50. The highest BCUT2D eigenvalue weighted by Gasteiger charge is 2.32. The van der Waals surface area contributed by atoms with Gasteiger partial charge in [-0.2, -0.15) is 0 Å². The first-order valence-electron chi connectivity index (χ1n) is 8.77. The molecule has 8 heteroatoms. The van der Waals surface area contributed by atoms with Crippen LogP contribution >= 0.6 is 15.9 Å². The number of halogens is 2. The van der Waals surface area contributed by atoms with Crippen LogP contribution in [0.4, 0.5) is 4.39 Å². The lowest BCUT2D eigenvalue weighted by atomic mass is 9.96. The third kappa shape index (κ3) is 4.73. The number of carbonyl (C=O) groups is 2. The van der Waals surface area contributed by atoms with E-state index in [2.05, 4.69) is 15.9 Å². The number of hydrogen-bond donors (Lipinski definition) is 0. The molecule has 3 rings (SSSR count). The van der Waals surface area contributed by atoms with Gasteiger partial charge in [-0.1, -0.05) is 15.9 Å². The van der Waals surface area contributed by atoms with Gasteiger partial charge >= 0.3 is 0 Å². The van der Waals surface area contributed by atoms with Crippen molar-refractivity contribution in [2.45, 2.75) is 12.8 Å². The molecule has 26 heavy (non-hydrogen) atoms. The van der Waals surface area contributed by atoms with Gasteiger partial charge in [-0.25, -0.2) is 4.39 Å². The molecule has 2 aliphatic rings. The Morgan fingerprint density at radius 1 is 1.23 bits per heavy atom. The summed E-state index contributed by atoms with van der Waals surface area (Å²) in [5.74, 6) is -0.807. The van der Waals surface area contributed by atoms with Crippen molar-refractivity contribution >= 4 is 27.7 Å². The molecule has 2 saturated heterocycles. The smallest absolute Gasteiger partial charge is 0.260 e. The normalized spacial score (nSPS) is 20.8. The van der Waals surface area contributed by atoms with E-state index in [0.29, 0.717) is 43.9 Å². The van der Waals surface area contributed by atoms with E-state index in [1.54, 1.807) is 11.0 Å². The lowest BCUT2D eigenvalue weighted by Gasteiger charge is -2.36. The Morgan fingerprint density at radius 3 is 2.73 bits per heavy atom. The average molecular weight is 429 g/mol.